The summed E-state index contributed by atoms with van der Waals surface area (Å²) in [5.74, 6) is -1.38. The molecule has 0 aromatic heterocycles. The van der Waals surface area contributed by atoms with E-state index in [0.29, 0.717) is 6.42 Å². The molecule has 0 bridgehead atoms. The maximum atomic E-state index is 14.6. The van der Waals surface area contributed by atoms with Crippen molar-refractivity contribution in [3.8, 4) is 0 Å². The normalized spacial score (nSPS) is 38.1. The molecule has 7 atom stereocenters. The molecule has 3 saturated carbocycles. The van der Waals surface area contributed by atoms with Gasteiger partial charge in [-0.15, -0.1) is 0 Å². The maximum absolute atomic E-state index is 14.6. The van der Waals surface area contributed by atoms with Crippen molar-refractivity contribution in [2.45, 2.75) is 64.6 Å². The van der Waals surface area contributed by atoms with Gasteiger partial charge in [-0.3, -0.25) is 9.59 Å². The molecule has 1 aromatic rings. The summed E-state index contributed by atoms with van der Waals surface area (Å²) >= 11 is 5.79. The zero-order valence-corrected chi connectivity index (χ0v) is 21.3. The fraction of sp³-hybridized carbons (Fsp3) is 0.630. The number of nitrogens with zero attached hydrogens (tertiary/aromatic N) is 1. The fourth-order valence-corrected chi connectivity index (χ4v) is 8.51. The Morgan fingerprint density at radius 1 is 1.11 bits per heavy atom. The molecule has 0 saturated heterocycles. The van der Waals surface area contributed by atoms with Gasteiger partial charge in [-0.25, -0.2) is 4.39 Å². The van der Waals surface area contributed by atoms with Crippen LogP contribution in [0.25, 0.3) is 0 Å². The highest BCUT2D eigenvalue weighted by molar-refractivity contribution is 6.30. The Labute approximate surface area is 213 Å². The molecule has 0 radical (unpaired) electrons. The van der Waals surface area contributed by atoms with Crippen molar-refractivity contribution in [3.05, 3.63) is 40.7 Å². The highest BCUT2D eigenvalue weighted by Gasteiger charge is 2.62. The van der Waals surface area contributed by atoms with Gasteiger partial charge in [0.2, 0.25) is 5.91 Å². The summed E-state index contributed by atoms with van der Waals surface area (Å²) in [5, 5.41) is 2.52. The van der Waals surface area contributed by atoms with E-state index in [2.05, 4.69) is 19.2 Å². The quantitative estimate of drug-likeness (QED) is 0.428. The van der Waals surface area contributed by atoms with Crippen molar-refractivity contribution >= 4 is 29.1 Å². The number of halogens is 5. The van der Waals surface area contributed by atoms with Gasteiger partial charge in [0.05, 0.1) is 11.3 Å². The summed E-state index contributed by atoms with van der Waals surface area (Å²) < 4.78 is 55.3. The third kappa shape index (κ3) is 3.77. The van der Waals surface area contributed by atoms with Crippen LogP contribution in [-0.4, -0.2) is 29.8 Å². The third-order valence-corrected chi connectivity index (χ3v) is 10.3. The predicted molar refractivity (Wildman–Crippen MR) is 129 cm³/mol. The van der Waals surface area contributed by atoms with E-state index in [-0.39, 0.29) is 45.8 Å². The Kier molecular flexibility index (Phi) is 6.01. The van der Waals surface area contributed by atoms with Gasteiger partial charge < -0.3 is 10.2 Å². The lowest BCUT2D eigenvalue weighted by Crippen LogP contribution is -2.60. The van der Waals surface area contributed by atoms with Crippen molar-refractivity contribution in [2.75, 3.05) is 12.4 Å². The SMILES string of the molecule is CN1C(=O)C(F)=C[C@@]2(C)C1CC[C@@H]1[C@H]2CC[C@]2(C)C(C(=O)Nc3ccc(Cl)cc3C(F)(F)F)CC[C@@H]12. The number of rotatable bonds is 2. The van der Waals surface area contributed by atoms with Crippen molar-refractivity contribution < 1.29 is 27.2 Å². The smallest absolute Gasteiger partial charge is 0.336 e. The van der Waals surface area contributed by atoms with Gasteiger partial charge in [0.1, 0.15) is 0 Å². The standard InChI is InChI=1S/C27H31ClF4N2O2/c1-25-11-10-17-15(5-9-22-26(17,2)13-20(29)24(36)34(22)3)16(25)6-7-18(25)23(35)33-21-8-4-14(28)12-19(21)27(30,31)32/h4,8,12-13,15-18,22H,5-7,9-11H2,1-3H3,(H,33,35)/t15-,16-,17+,18?,22?,25-,26+/m0/s1. The second kappa shape index (κ2) is 8.47. The minimum atomic E-state index is -4.64. The third-order valence-electron chi connectivity index (χ3n) is 10.0. The summed E-state index contributed by atoms with van der Waals surface area (Å²) in [6, 6.07) is 3.33. The Morgan fingerprint density at radius 2 is 1.83 bits per heavy atom. The molecule has 0 spiro atoms. The van der Waals surface area contributed by atoms with E-state index >= 15 is 0 Å². The van der Waals surface area contributed by atoms with Crippen LogP contribution < -0.4 is 5.32 Å². The molecular formula is C27H31ClF4N2O2. The molecule has 2 amide bonds. The molecule has 3 aliphatic carbocycles. The Bertz CT molecular complexity index is 1140. The molecule has 4 aliphatic rings. The highest BCUT2D eigenvalue weighted by atomic mass is 35.5. The minimum Gasteiger partial charge on any atom is -0.336 e. The number of alkyl halides is 3. The van der Waals surface area contributed by atoms with Crippen LogP contribution in [0.1, 0.15) is 57.9 Å². The van der Waals surface area contributed by atoms with E-state index in [0.717, 1.165) is 38.2 Å². The van der Waals surface area contributed by atoms with Crippen LogP contribution in [0.3, 0.4) is 0 Å². The Balaban J connectivity index is 1.39. The first-order chi connectivity index (χ1) is 16.8. The zero-order valence-electron chi connectivity index (χ0n) is 20.6. The lowest BCUT2D eigenvalue weighted by Gasteiger charge is -2.60. The van der Waals surface area contributed by atoms with Gasteiger partial charge in [-0.1, -0.05) is 25.4 Å². The molecule has 196 valence electrons. The van der Waals surface area contributed by atoms with Crippen LogP contribution in [0.15, 0.2) is 30.1 Å². The summed E-state index contributed by atoms with van der Waals surface area (Å²) in [5.41, 5.74) is -2.05. The molecule has 4 nitrogen and oxygen atoms in total. The topological polar surface area (TPSA) is 49.4 Å². The van der Waals surface area contributed by atoms with E-state index in [1.165, 1.54) is 18.2 Å². The van der Waals surface area contributed by atoms with Crippen LogP contribution in [0, 0.1) is 34.5 Å². The number of nitrogens with one attached hydrogen (secondary N) is 1. The molecule has 5 rings (SSSR count). The van der Waals surface area contributed by atoms with Gasteiger partial charge in [0, 0.05) is 29.4 Å². The second-order valence-electron chi connectivity index (χ2n) is 11.6. The number of hydrogen-bond acceptors (Lipinski definition) is 2. The summed E-state index contributed by atoms with van der Waals surface area (Å²) in [6.45, 7) is 4.15. The summed E-state index contributed by atoms with van der Waals surface area (Å²) in [4.78, 5) is 27.2. The average molecular weight is 527 g/mol. The molecule has 9 heteroatoms. The van der Waals surface area contributed by atoms with E-state index in [4.69, 9.17) is 11.6 Å². The van der Waals surface area contributed by atoms with Crippen LogP contribution in [-0.2, 0) is 15.8 Å². The number of anilines is 1. The van der Waals surface area contributed by atoms with Crippen molar-refractivity contribution in [2.24, 2.45) is 34.5 Å². The average Bonchev–Trinajstić information content (AvgIpc) is 3.15. The minimum absolute atomic E-state index is 0.0452. The molecule has 1 heterocycles. The molecule has 36 heavy (non-hydrogen) atoms. The number of fused-ring (bicyclic) bond motifs is 5. The molecule has 2 unspecified atom stereocenters. The predicted octanol–water partition coefficient (Wildman–Crippen LogP) is 6.85. The second-order valence-corrected chi connectivity index (χ2v) is 12.0. The van der Waals surface area contributed by atoms with E-state index in [9.17, 15) is 27.2 Å². The highest BCUT2D eigenvalue weighted by Crippen LogP contribution is 2.65. The van der Waals surface area contributed by atoms with Gasteiger partial charge in [-0.2, -0.15) is 13.2 Å². The van der Waals surface area contributed by atoms with Gasteiger partial charge in [0.25, 0.3) is 5.91 Å². The Hall–Kier alpha value is -2.09. The number of carbonyl (C=O) groups is 2. The van der Waals surface area contributed by atoms with Crippen molar-refractivity contribution in [1.82, 2.24) is 4.90 Å². The van der Waals surface area contributed by atoms with E-state index in [1.54, 1.807) is 11.9 Å². The first-order valence-corrected chi connectivity index (χ1v) is 13.0. The van der Waals surface area contributed by atoms with Crippen LogP contribution >= 0.6 is 11.6 Å². The van der Waals surface area contributed by atoms with Crippen LogP contribution in [0.4, 0.5) is 23.2 Å². The number of likely N-dealkylation sites (N-methyl/N-ethyl adjacent to an activating group) is 1. The van der Waals surface area contributed by atoms with Gasteiger partial charge >= 0.3 is 6.18 Å². The zero-order chi connectivity index (χ0) is 26.2. The molecule has 1 aromatic carbocycles. The lowest BCUT2D eigenvalue weighted by atomic mass is 9.47. The molecule has 1 aliphatic heterocycles. The monoisotopic (exact) mass is 526 g/mol. The molecule has 1 N–H and O–H groups in total. The fourth-order valence-electron chi connectivity index (χ4n) is 8.34. The Morgan fingerprint density at radius 3 is 2.53 bits per heavy atom. The van der Waals surface area contributed by atoms with E-state index < -0.39 is 34.8 Å². The van der Waals surface area contributed by atoms with Gasteiger partial charge in [-0.05, 0) is 86.0 Å². The first kappa shape index (κ1) is 25.6. The van der Waals surface area contributed by atoms with Crippen molar-refractivity contribution in [1.29, 1.82) is 0 Å². The number of carbonyl (C=O) groups excluding carboxylic acids is 2. The number of amides is 2. The van der Waals surface area contributed by atoms with Crippen LogP contribution in [0.5, 0.6) is 0 Å². The largest absolute Gasteiger partial charge is 0.418 e. The van der Waals surface area contributed by atoms with Crippen molar-refractivity contribution in [3.63, 3.8) is 0 Å². The number of benzene rings is 1. The maximum Gasteiger partial charge on any atom is 0.418 e. The van der Waals surface area contributed by atoms with E-state index in [1.807, 2.05) is 0 Å². The molecular weight excluding hydrogens is 496 g/mol. The first-order valence-electron chi connectivity index (χ1n) is 12.6. The summed E-state index contributed by atoms with van der Waals surface area (Å²) in [7, 11) is 1.67. The summed E-state index contributed by atoms with van der Waals surface area (Å²) in [6.07, 6.45) is 1.50. The number of hydrogen-bond donors (Lipinski definition) is 1. The van der Waals surface area contributed by atoms with Gasteiger partial charge in [0.15, 0.2) is 5.83 Å². The van der Waals surface area contributed by atoms with Crippen LogP contribution in [0.2, 0.25) is 5.02 Å². The lowest BCUT2D eigenvalue weighted by molar-refractivity contribution is -0.144. The molecule has 3 fully saturated rings.